The maximum absolute atomic E-state index is 12.5. The normalized spacial score (nSPS) is 13.2. The molecule has 1 atom stereocenters. The van der Waals surface area contributed by atoms with E-state index in [0.717, 1.165) is 21.8 Å². The molecule has 120 valence electrons. The zero-order valence-electron chi connectivity index (χ0n) is 11.8. The Kier molecular flexibility index (Phi) is 4.81. The lowest BCUT2D eigenvalue weighted by molar-refractivity contribution is -0.142. The van der Waals surface area contributed by atoms with Crippen LogP contribution in [0.15, 0.2) is 24.4 Å². The second kappa shape index (κ2) is 6.29. The Morgan fingerprint density at radius 2 is 2.14 bits per heavy atom. The Morgan fingerprint density at radius 1 is 1.45 bits per heavy atom. The molecule has 0 radical (unpaired) electrons. The highest BCUT2D eigenvalue weighted by atomic mass is 35.5. The van der Waals surface area contributed by atoms with Crippen LogP contribution in [0.2, 0.25) is 4.34 Å². The van der Waals surface area contributed by atoms with E-state index in [1.165, 1.54) is 23.2 Å². The standard InChI is InChI=1S/C13H13ClF3N3OS/c1-8(20-6-5-10(18-20)13(15,16)17)12(21)19(2)7-9-3-4-11(14)22-9/h3-6,8H,7H2,1-2H3. The van der Waals surface area contributed by atoms with Crippen LogP contribution in [0.1, 0.15) is 23.5 Å². The summed E-state index contributed by atoms with van der Waals surface area (Å²) in [7, 11) is 1.58. The second-order valence-electron chi connectivity index (χ2n) is 4.75. The van der Waals surface area contributed by atoms with Crippen molar-refractivity contribution in [1.29, 1.82) is 0 Å². The number of halogens is 4. The number of aromatic nitrogens is 2. The van der Waals surface area contributed by atoms with Crippen molar-refractivity contribution >= 4 is 28.8 Å². The van der Waals surface area contributed by atoms with E-state index in [9.17, 15) is 18.0 Å². The van der Waals surface area contributed by atoms with E-state index in [2.05, 4.69) is 5.10 Å². The molecule has 0 aliphatic heterocycles. The van der Waals surface area contributed by atoms with E-state index >= 15 is 0 Å². The van der Waals surface area contributed by atoms with Gasteiger partial charge >= 0.3 is 6.18 Å². The van der Waals surface area contributed by atoms with Crippen LogP contribution in [0.4, 0.5) is 13.2 Å². The fourth-order valence-electron chi connectivity index (χ4n) is 1.89. The summed E-state index contributed by atoms with van der Waals surface area (Å²) in [6.45, 7) is 1.85. The van der Waals surface area contributed by atoms with Crippen LogP contribution in [0, 0.1) is 0 Å². The van der Waals surface area contributed by atoms with Gasteiger partial charge in [-0.1, -0.05) is 11.6 Å². The number of carbonyl (C=O) groups is 1. The number of nitrogens with zero attached hydrogens (tertiary/aromatic N) is 3. The molecule has 0 saturated carbocycles. The highest BCUT2D eigenvalue weighted by molar-refractivity contribution is 7.16. The van der Waals surface area contributed by atoms with E-state index in [1.807, 2.05) is 0 Å². The van der Waals surface area contributed by atoms with Gasteiger partial charge in [0.05, 0.1) is 10.9 Å². The van der Waals surface area contributed by atoms with Gasteiger partial charge in [0.2, 0.25) is 5.91 Å². The van der Waals surface area contributed by atoms with Crippen LogP contribution >= 0.6 is 22.9 Å². The van der Waals surface area contributed by atoms with Crippen molar-refractivity contribution in [2.45, 2.75) is 25.7 Å². The van der Waals surface area contributed by atoms with Gasteiger partial charge in [-0.25, -0.2) is 0 Å². The van der Waals surface area contributed by atoms with E-state index < -0.39 is 17.9 Å². The van der Waals surface area contributed by atoms with E-state index in [0.29, 0.717) is 10.9 Å². The van der Waals surface area contributed by atoms with E-state index in [-0.39, 0.29) is 5.91 Å². The Hall–Kier alpha value is -1.54. The van der Waals surface area contributed by atoms with Gasteiger partial charge in [-0.15, -0.1) is 11.3 Å². The molecule has 4 nitrogen and oxygen atoms in total. The largest absolute Gasteiger partial charge is 0.435 e. The molecule has 2 aromatic heterocycles. The molecule has 2 aromatic rings. The predicted molar refractivity (Wildman–Crippen MR) is 77.7 cm³/mol. The lowest BCUT2D eigenvalue weighted by Crippen LogP contribution is -2.32. The van der Waals surface area contributed by atoms with Crippen molar-refractivity contribution in [1.82, 2.24) is 14.7 Å². The van der Waals surface area contributed by atoms with Crippen molar-refractivity contribution in [2.75, 3.05) is 7.05 Å². The SMILES string of the molecule is CC(C(=O)N(C)Cc1ccc(Cl)s1)n1ccc(C(F)(F)F)n1. The number of rotatable bonds is 4. The van der Waals surface area contributed by atoms with Gasteiger partial charge in [-0.2, -0.15) is 18.3 Å². The third-order valence-electron chi connectivity index (χ3n) is 3.05. The van der Waals surface area contributed by atoms with Crippen LogP contribution < -0.4 is 0 Å². The lowest BCUT2D eigenvalue weighted by Gasteiger charge is -2.21. The Bertz CT molecular complexity index is 668. The molecular weight excluding hydrogens is 339 g/mol. The van der Waals surface area contributed by atoms with Crippen LogP contribution in [-0.2, 0) is 17.5 Å². The van der Waals surface area contributed by atoms with Gasteiger partial charge in [0, 0.05) is 18.1 Å². The molecule has 1 amide bonds. The summed E-state index contributed by atoms with van der Waals surface area (Å²) in [6.07, 6.45) is -3.37. The summed E-state index contributed by atoms with van der Waals surface area (Å²) in [5.41, 5.74) is -1.01. The number of carbonyl (C=O) groups excluding carboxylic acids is 1. The summed E-state index contributed by atoms with van der Waals surface area (Å²) < 4.78 is 39.2. The van der Waals surface area contributed by atoms with E-state index in [1.54, 1.807) is 19.2 Å². The molecule has 0 N–H and O–H groups in total. The number of alkyl halides is 3. The molecule has 0 saturated heterocycles. The molecule has 0 bridgehead atoms. The van der Waals surface area contributed by atoms with Crippen molar-refractivity contribution in [3.8, 4) is 0 Å². The summed E-state index contributed by atoms with van der Waals surface area (Å²) in [5, 5.41) is 3.42. The first kappa shape index (κ1) is 16.8. The van der Waals surface area contributed by atoms with Crippen LogP contribution in [0.3, 0.4) is 0 Å². The third kappa shape index (κ3) is 3.80. The molecule has 0 aromatic carbocycles. The van der Waals surface area contributed by atoms with Gasteiger partial charge in [-0.3, -0.25) is 9.48 Å². The molecule has 22 heavy (non-hydrogen) atoms. The van der Waals surface area contributed by atoms with Crippen molar-refractivity contribution in [3.63, 3.8) is 0 Å². The molecule has 2 heterocycles. The van der Waals surface area contributed by atoms with Crippen LogP contribution in [-0.4, -0.2) is 27.6 Å². The number of hydrogen-bond acceptors (Lipinski definition) is 3. The Morgan fingerprint density at radius 3 is 2.64 bits per heavy atom. The van der Waals surface area contributed by atoms with Crippen molar-refractivity contribution in [3.05, 3.63) is 39.3 Å². The topological polar surface area (TPSA) is 38.1 Å². The molecule has 1 unspecified atom stereocenters. The maximum atomic E-state index is 12.5. The fraction of sp³-hybridized carbons (Fsp3) is 0.385. The Labute approximate surface area is 134 Å². The highest BCUT2D eigenvalue weighted by Gasteiger charge is 2.34. The average molecular weight is 352 g/mol. The van der Waals surface area contributed by atoms with Gasteiger partial charge < -0.3 is 4.90 Å². The maximum Gasteiger partial charge on any atom is 0.435 e. The molecule has 0 fully saturated rings. The zero-order chi connectivity index (χ0) is 16.5. The van der Waals surface area contributed by atoms with E-state index in [4.69, 9.17) is 11.6 Å². The summed E-state index contributed by atoms with van der Waals surface area (Å²) in [5.74, 6) is -0.332. The fourth-order valence-corrected chi connectivity index (χ4v) is 3.03. The van der Waals surface area contributed by atoms with Gasteiger partial charge in [0.15, 0.2) is 5.69 Å². The van der Waals surface area contributed by atoms with Crippen LogP contribution in [0.5, 0.6) is 0 Å². The predicted octanol–water partition coefficient (Wildman–Crippen LogP) is 3.84. The number of amides is 1. The average Bonchev–Trinajstić information content (AvgIpc) is 3.05. The molecule has 2 rings (SSSR count). The second-order valence-corrected chi connectivity index (χ2v) is 6.55. The molecule has 0 aliphatic rings. The highest BCUT2D eigenvalue weighted by Crippen LogP contribution is 2.28. The zero-order valence-corrected chi connectivity index (χ0v) is 13.3. The number of hydrogen-bond donors (Lipinski definition) is 0. The molecule has 0 aliphatic carbocycles. The minimum Gasteiger partial charge on any atom is -0.339 e. The van der Waals surface area contributed by atoms with Crippen molar-refractivity contribution < 1.29 is 18.0 Å². The minimum absolute atomic E-state index is 0.332. The number of thiophene rings is 1. The van der Waals surface area contributed by atoms with Gasteiger partial charge in [0.1, 0.15) is 6.04 Å². The quantitative estimate of drug-likeness (QED) is 0.839. The molecular formula is C13H13ClF3N3OS. The smallest absolute Gasteiger partial charge is 0.339 e. The summed E-state index contributed by atoms with van der Waals surface area (Å²) in [6, 6.07) is 3.56. The number of likely N-dealkylation sites (N-methyl/N-ethyl adjacent to an activating group) is 1. The monoisotopic (exact) mass is 351 g/mol. The Balaban J connectivity index is 2.06. The lowest BCUT2D eigenvalue weighted by atomic mass is 10.3. The molecule has 9 heteroatoms. The van der Waals surface area contributed by atoms with Crippen LogP contribution in [0.25, 0.3) is 0 Å². The first-order valence-corrected chi connectivity index (χ1v) is 7.49. The summed E-state index contributed by atoms with van der Waals surface area (Å²) >= 11 is 7.17. The van der Waals surface area contributed by atoms with Gasteiger partial charge in [-0.05, 0) is 25.1 Å². The summed E-state index contributed by atoms with van der Waals surface area (Å²) in [4.78, 5) is 14.6. The van der Waals surface area contributed by atoms with Crippen molar-refractivity contribution in [2.24, 2.45) is 0 Å². The molecule has 0 spiro atoms. The third-order valence-corrected chi connectivity index (χ3v) is 4.27. The minimum atomic E-state index is -4.52. The van der Waals surface area contributed by atoms with Gasteiger partial charge in [0.25, 0.3) is 0 Å². The first-order chi connectivity index (χ1) is 10.2. The first-order valence-electron chi connectivity index (χ1n) is 6.30.